The van der Waals surface area contributed by atoms with E-state index in [2.05, 4.69) is 48.4 Å². The molecule has 18 heavy (non-hydrogen) atoms. The van der Waals surface area contributed by atoms with Crippen molar-refractivity contribution in [2.75, 3.05) is 0 Å². The van der Waals surface area contributed by atoms with Crippen LogP contribution in [0.2, 0.25) is 0 Å². The molecule has 2 aromatic rings. The molecule has 0 spiro atoms. The maximum Gasteiger partial charge on any atom is 0.211 e. The van der Waals surface area contributed by atoms with Gasteiger partial charge in [-0.15, -0.1) is 0 Å². The minimum Gasteiger partial charge on any atom is -0.444 e. The van der Waals surface area contributed by atoms with Gasteiger partial charge in [0.05, 0.1) is 12.2 Å². The summed E-state index contributed by atoms with van der Waals surface area (Å²) in [6.45, 7) is 6.96. The van der Waals surface area contributed by atoms with Gasteiger partial charge in [0.2, 0.25) is 5.89 Å². The van der Waals surface area contributed by atoms with Crippen LogP contribution < -0.4 is 5.32 Å². The van der Waals surface area contributed by atoms with Gasteiger partial charge in [0.25, 0.3) is 0 Å². The Morgan fingerprint density at radius 1 is 1.22 bits per heavy atom. The van der Waals surface area contributed by atoms with E-state index in [0.717, 1.165) is 24.6 Å². The fraction of sp³-hybridized carbons (Fsp3) is 0.400. The maximum absolute atomic E-state index is 5.50. The van der Waals surface area contributed by atoms with Crippen molar-refractivity contribution in [1.82, 2.24) is 10.3 Å². The molecule has 1 aromatic heterocycles. The molecule has 0 saturated heterocycles. The lowest BCUT2D eigenvalue weighted by atomic mass is 10.1. The monoisotopic (exact) mass is 244 g/mol. The highest BCUT2D eigenvalue weighted by Gasteiger charge is 2.10. The van der Waals surface area contributed by atoms with Crippen molar-refractivity contribution >= 4 is 0 Å². The Morgan fingerprint density at radius 2 is 1.89 bits per heavy atom. The molecule has 1 N–H and O–H groups in total. The number of benzene rings is 1. The second kappa shape index (κ2) is 5.83. The molecule has 0 radical (unpaired) electrons. The Balaban J connectivity index is 1.90. The number of hydrogen-bond acceptors (Lipinski definition) is 3. The van der Waals surface area contributed by atoms with Gasteiger partial charge >= 0.3 is 0 Å². The van der Waals surface area contributed by atoms with Crippen molar-refractivity contribution in [2.24, 2.45) is 0 Å². The molecule has 96 valence electrons. The molecular weight excluding hydrogens is 224 g/mol. The zero-order valence-corrected chi connectivity index (χ0v) is 11.2. The summed E-state index contributed by atoms with van der Waals surface area (Å²) in [5, 5.41) is 3.41. The highest BCUT2D eigenvalue weighted by molar-refractivity contribution is 5.22. The van der Waals surface area contributed by atoms with Crippen molar-refractivity contribution in [3.05, 3.63) is 53.2 Å². The Kier molecular flexibility index (Phi) is 4.15. The van der Waals surface area contributed by atoms with E-state index in [9.17, 15) is 0 Å². The van der Waals surface area contributed by atoms with E-state index in [1.165, 1.54) is 11.1 Å². The summed E-state index contributed by atoms with van der Waals surface area (Å²) in [6.07, 6.45) is 2.84. The molecule has 3 heteroatoms. The predicted octanol–water partition coefficient (Wildman–Crippen LogP) is 3.40. The first kappa shape index (κ1) is 12.8. The van der Waals surface area contributed by atoms with Crippen LogP contribution >= 0.6 is 0 Å². The van der Waals surface area contributed by atoms with Crippen LogP contribution in [0.5, 0.6) is 0 Å². The molecule has 3 nitrogen and oxygen atoms in total. The number of aryl methyl sites for hydroxylation is 2. The summed E-state index contributed by atoms with van der Waals surface area (Å²) in [5.41, 5.74) is 2.65. The highest BCUT2D eigenvalue weighted by Crippen LogP contribution is 2.13. The summed E-state index contributed by atoms with van der Waals surface area (Å²) in [4.78, 5) is 4.23. The van der Waals surface area contributed by atoms with Crippen LogP contribution in [-0.4, -0.2) is 4.98 Å². The first-order valence-electron chi connectivity index (χ1n) is 6.42. The SMILES string of the molecule is CCc1ccc(CNC(C)c2ncc(C)o2)cc1. The first-order chi connectivity index (χ1) is 8.69. The molecule has 2 rings (SSSR count). The van der Waals surface area contributed by atoms with E-state index in [1.807, 2.05) is 6.92 Å². The van der Waals surface area contributed by atoms with Crippen molar-refractivity contribution in [2.45, 2.75) is 39.8 Å². The Bertz CT molecular complexity index is 487. The summed E-state index contributed by atoms with van der Waals surface area (Å²) in [5.74, 6) is 1.60. The van der Waals surface area contributed by atoms with Crippen LogP contribution in [0.3, 0.4) is 0 Å². The van der Waals surface area contributed by atoms with E-state index in [0.29, 0.717) is 0 Å². The zero-order valence-electron chi connectivity index (χ0n) is 11.2. The predicted molar refractivity (Wildman–Crippen MR) is 72.3 cm³/mol. The second-order valence-corrected chi connectivity index (χ2v) is 4.58. The largest absolute Gasteiger partial charge is 0.444 e. The number of rotatable bonds is 5. The van der Waals surface area contributed by atoms with Gasteiger partial charge in [-0.1, -0.05) is 31.2 Å². The molecule has 1 heterocycles. The molecule has 0 bridgehead atoms. The second-order valence-electron chi connectivity index (χ2n) is 4.58. The van der Waals surface area contributed by atoms with E-state index in [4.69, 9.17) is 4.42 Å². The molecule has 0 aliphatic carbocycles. The number of nitrogens with zero attached hydrogens (tertiary/aromatic N) is 1. The number of nitrogens with one attached hydrogen (secondary N) is 1. The van der Waals surface area contributed by atoms with Gasteiger partial charge in [-0.05, 0) is 31.4 Å². The van der Waals surface area contributed by atoms with Gasteiger partial charge < -0.3 is 9.73 Å². The van der Waals surface area contributed by atoms with Gasteiger partial charge in [0.15, 0.2) is 0 Å². The summed E-state index contributed by atoms with van der Waals surface area (Å²) < 4.78 is 5.50. The van der Waals surface area contributed by atoms with Crippen molar-refractivity contribution in [3.63, 3.8) is 0 Å². The third kappa shape index (κ3) is 3.20. The molecule has 0 aliphatic heterocycles. The molecular formula is C15H20N2O. The van der Waals surface area contributed by atoms with Crippen LogP contribution in [0, 0.1) is 6.92 Å². The molecule has 0 aliphatic rings. The normalized spacial score (nSPS) is 12.6. The molecule has 0 fully saturated rings. The molecule has 0 amide bonds. The van der Waals surface area contributed by atoms with Gasteiger partial charge in [0, 0.05) is 6.54 Å². The molecule has 1 atom stereocenters. The van der Waals surface area contributed by atoms with Crippen molar-refractivity contribution < 1.29 is 4.42 Å². The van der Waals surface area contributed by atoms with Crippen molar-refractivity contribution in [3.8, 4) is 0 Å². The lowest BCUT2D eigenvalue weighted by Gasteiger charge is -2.10. The fourth-order valence-corrected chi connectivity index (χ4v) is 1.82. The highest BCUT2D eigenvalue weighted by atomic mass is 16.4. The van der Waals surface area contributed by atoms with E-state index in [-0.39, 0.29) is 6.04 Å². The number of aromatic nitrogens is 1. The Hall–Kier alpha value is -1.61. The number of hydrogen-bond donors (Lipinski definition) is 1. The third-order valence-corrected chi connectivity index (χ3v) is 3.05. The van der Waals surface area contributed by atoms with Crippen LogP contribution in [0.1, 0.15) is 42.7 Å². The maximum atomic E-state index is 5.50. The van der Waals surface area contributed by atoms with Gasteiger partial charge in [0.1, 0.15) is 5.76 Å². The average molecular weight is 244 g/mol. The fourth-order valence-electron chi connectivity index (χ4n) is 1.82. The smallest absolute Gasteiger partial charge is 0.211 e. The van der Waals surface area contributed by atoms with E-state index >= 15 is 0 Å². The van der Waals surface area contributed by atoms with Crippen LogP contribution in [0.4, 0.5) is 0 Å². The third-order valence-electron chi connectivity index (χ3n) is 3.05. The average Bonchev–Trinajstić information content (AvgIpc) is 2.83. The van der Waals surface area contributed by atoms with Gasteiger partial charge in [-0.2, -0.15) is 0 Å². The van der Waals surface area contributed by atoms with Crippen molar-refractivity contribution in [1.29, 1.82) is 0 Å². The molecule has 1 aromatic carbocycles. The zero-order chi connectivity index (χ0) is 13.0. The van der Waals surface area contributed by atoms with E-state index < -0.39 is 0 Å². The van der Waals surface area contributed by atoms with E-state index in [1.54, 1.807) is 6.20 Å². The standard InChI is InChI=1S/C15H20N2O/c1-4-13-5-7-14(8-6-13)10-16-12(3)15-17-9-11(2)18-15/h5-9,12,16H,4,10H2,1-3H3. The lowest BCUT2D eigenvalue weighted by Crippen LogP contribution is -2.18. The Labute approximate surface area is 108 Å². The van der Waals surface area contributed by atoms with Crippen LogP contribution in [0.15, 0.2) is 34.9 Å². The molecule has 0 saturated carbocycles. The quantitative estimate of drug-likeness (QED) is 0.876. The van der Waals surface area contributed by atoms with Gasteiger partial charge in [-0.3, -0.25) is 0 Å². The Morgan fingerprint density at radius 3 is 2.44 bits per heavy atom. The minimum atomic E-state index is 0.129. The summed E-state index contributed by atoms with van der Waals surface area (Å²) in [6, 6.07) is 8.82. The summed E-state index contributed by atoms with van der Waals surface area (Å²) >= 11 is 0. The summed E-state index contributed by atoms with van der Waals surface area (Å²) in [7, 11) is 0. The lowest BCUT2D eigenvalue weighted by molar-refractivity contribution is 0.402. The minimum absolute atomic E-state index is 0.129. The topological polar surface area (TPSA) is 38.1 Å². The first-order valence-corrected chi connectivity index (χ1v) is 6.42. The molecule has 1 unspecified atom stereocenters. The van der Waals surface area contributed by atoms with Crippen LogP contribution in [-0.2, 0) is 13.0 Å². The van der Waals surface area contributed by atoms with Crippen LogP contribution in [0.25, 0.3) is 0 Å². The van der Waals surface area contributed by atoms with Gasteiger partial charge in [-0.25, -0.2) is 4.98 Å². The number of oxazole rings is 1.